The summed E-state index contributed by atoms with van der Waals surface area (Å²) in [5.74, 6) is 0.749. The molecule has 0 bridgehead atoms. The van der Waals surface area contributed by atoms with Crippen LogP contribution in [0.5, 0.6) is 0 Å². The van der Waals surface area contributed by atoms with Crippen molar-refractivity contribution in [3.8, 4) is 11.6 Å². The quantitative estimate of drug-likeness (QED) is 0.664. The SMILES string of the molecule is Cc1cc(F)ccc1NS(=O)(=O)c1c(C)[nH]c(-c2nnc(C3CCC3)o2)c1C. The predicted molar refractivity (Wildman–Crippen MR) is 102 cm³/mol. The van der Waals surface area contributed by atoms with Gasteiger partial charge in [-0.1, -0.05) is 6.42 Å². The standard InChI is InChI=1S/C19H21FN4O3S/c1-10-9-14(20)7-8-15(10)24-28(25,26)17-11(2)16(21-12(17)3)19-23-22-18(27-19)13-5-4-6-13/h7-9,13,21,24H,4-6H2,1-3H3. The van der Waals surface area contributed by atoms with Gasteiger partial charge in [-0.2, -0.15) is 0 Å². The summed E-state index contributed by atoms with van der Waals surface area (Å²) in [6, 6.07) is 3.90. The molecule has 7 nitrogen and oxygen atoms in total. The highest BCUT2D eigenvalue weighted by molar-refractivity contribution is 7.92. The summed E-state index contributed by atoms with van der Waals surface area (Å²) in [6.45, 7) is 5.01. The predicted octanol–water partition coefficient (Wildman–Crippen LogP) is 4.20. The Morgan fingerprint density at radius 3 is 2.61 bits per heavy atom. The lowest BCUT2D eigenvalue weighted by Crippen LogP contribution is -2.15. The lowest BCUT2D eigenvalue weighted by atomic mass is 9.85. The van der Waals surface area contributed by atoms with Crippen LogP contribution >= 0.6 is 0 Å². The number of aromatic nitrogens is 3. The van der Waals surface area contributed by atoms with Gasteiger partial charge in [0.2, 0.25) is 5.89 Å². The fourth-order valence-corrected chi connectivity index (χ4v) is 5.02. The van der Waals surface area contributed by atoms with E-state index in [2.05, 4.69) is 19.9 Å². The molecule has 2 N–H and O–H groups in total. The number of nitrogens with one attached hydrogen (secondary N) is 2. The third-order valence-electron chi connectivity index (χ3n) is 5.18. The molecule has 2 heterocycles. The Labute approximate surface area is 162 Å². The molecule has 1 aliphatic carbocycles. The molecular weight excluding hydrogens is 383 g/mol. The number of rotatable bonds is 5. The maximum Gasteiger partial charge on any atom is 0.264 e. The van der Waals surface area contributed by atoms with Gasteiger partial charge in [0, 0.05) is 17.2 Å². The number of halogens is 1. The molecule has 9 heteroatoms. The number of hydrogen-bond acceptors (Lipinski definition) is 5. The summed E-state index contributed by atoms with van der Waals surface area (Å²) < 4.78 is 47.6. The molecule has 28 heavy (non-hydrogen) atoms. The van der Waals surface area contributed by atoms with Gasteiger partial charge in [0.15, 0.2) is 0 Å². The molecule has 0 aliphatic heterocycles. The molecule has 0 amide bonds. The fraction of sp³-hybridized carbons (Fsp3) is 0.368. The first kappa shape index (κ1) is 18.7. The van der Waals surface area contributed by atoms with Crippen molar-refractivity contribution in [3.05, 3.63) is 46.7 Å². The fourth-order valence-electron chi connectivity index (χ4n) is 3.44. The zero-order valence-corrected chi connectivity index (χ0v) is 16.7. The molecule has 0 radical (unpaired) electrons. The number of nitrogens with zero attached hydrogens (tertiary/aromatic N) is 2. The molecule has 3 aromatic rings. The van der Waals surface area contributed by atoms with E-state index in [1.165, 1.54) is 18.2 Å². The Morgan fingerprint density at radius 2 is 1.96 bits per heavy atom. The Kier molecular flexibility index (Phi) is 4.49. The van der Waals surface area contributed by atoms with Crippen LogP contribution in [-0.2, 0) is 10.0 Å². The number of sulfonamides is 1. The Morgan fingerprint density at radius 1 is 1.21 bits per heavy atom. The summed E-state index contributed by atoms with van der Waals surface area (Å²) >= 11 is 0. The minimum absolute atomic E-state index is 0.120. The first-order valence-corrected chi connectivity index (χ1v) is 10.6. The van der Waals surface area contributed by atoms with Gasteiger partial charge < -0.3 is 9.40 Å². The number of anilines is 1. The van der Waals surface area contributed by atoms with Crippen molar-refractivity contribution < 1.29 is 17.2 Å². The van der Waals surface area contributed by atoms with Gasteiger partial charge in [-0.3, -0.25) is 4.72 Å². The van der Waals surface area contributed by atoms with Crippen LogP contribution in [0.25, 0.3) is 11.6 Å². The molecule has 1 saturated carbocycles. The van der Waals surface area contributed by atoms with E-state index < -0.39 is 15.8 Å². The van der Waals surface area contributed by atoms with Crippen molar-refractivity contribution in [2.45, 2.75) is 50.8 Å². The van der Waals surface area contributed by atoms with Crippen LogP contribution in [0.4, 0.5) is 10.1 Å². The highest BCUT2D eigenvalue weighted by Gasteiger charge is 2.29. The lowest BCUT2D eigenvalue weighted by Gasteiger charge is -2.20. The third-order valence-corrected chi connectivity index (χ3v) is 6.82. The summed E-state index contributed by atoms with van der Waals surface area (Å²) in [6.07, 6.45) is 3.22. The second-order valence-corrected chi connectivity index (χ2v) is 8.84. The van der Waals surface area contributed by atoms with E-state index in [4.69, 9.17) is 4.42 Å². The molecule has 1 aliphatic rings. The molecule has 0 spiro atoms. The van der Waals surface area contributed by atoms with Crippen molar-refractivity contribution in [2.75, 3.05) is 4.72 Å². The number of hydrogen-bond donors (Lipinski definition) is 2. The van der Waals surface area contributed by atoms with Gasteiger partial charge in [-0.25, -0.2) is 12.8 Å². The van der Waals surface area contributed by atoms with Crippen LogP contribution in [0.1, 0.15) is 47.9 Å². The van der Waals surface area contributed by atoms with Crippen molar-refractivity contribution in [1.82, 2.24) is 15.2 Å². The van der Waals surface area contributed by atoms with Crippen LogP contribution in [0.2, 0.25) is 0 Å². The summed E-state index contributed by atoms with van der Waals surface area (Å²) in [5, 5.41) is 8.20. The second-order valence-electron chi connectivity index (χ2n) is 7.22. The molecule has 0 atom stereocenters. The van der Waals surface area contributed by atoms with Gasteiger partial charge in [-0.15, -0.1) is 10.2 Å². The zero-order valence-electron chi connectivity index (χ0n) is 15.8. The van der Waals surface area contributed by atoms with Gasteiger partial charge in [0.1, 0.15) is 16.4 Å². The largest absolute Gasteiger partial charge is 0.419 e. The van der Waals surface area contributed by atoms with Gasteiger partial charge in [0.05, 0.1) is 5.69 Å². The normalized spacial score (nSPS) is 14.9. The molecule has 1 fully saturated rings. The smallest absolute Gasteiger partial charge is 0.264 e. The molecule has 0 unspecified atom stereocenters. The van der Waals surface area contributed by atoms with E-state index in [1.807, 2.05) is 0 Å². The van der Waals surface area contributed by atoms with Crippen LogP contribution in [0.15, 0.2) is 27.5 Å². The van der Waals surface area contributed by atoms with Crippen molar-refractivity contribution >= 4 is 15.7 Å². The average Bonchev–Trinajstić information content (AvgIpc) is 3.13. The van der Waals surface area contributed by atoms with Gasteiger partial charge in [-0.05, 0) is 57.4 Å². The minimum Gasteiger partial charge on any atom is -0.419 e. The number of aromatic amines is 1. The van der Waals surface area contributed by atoms with E-state index in [0.717, 1.165) is 19.3 Å². The van der Waals surface area contributed by atoms with Crippen molar-refractivity contribution in [3.63, 3.8) is 0 Å². The van der Waals surface area contributed by atoms with Gasteiger partial charge in [0.25, 0.3) is 15.9 Å². The van der Waals surface area contributed by atoms with E-state index in [0.29, 0.717) is 40.0 Å². The molecule has 148 valence electrons. The lowest BCUT2D eigenvalue weighted by molar-refractivity contribution is 0.338. The van der Waals surface area contributed by atoms with E-state index in [9.17, 15) is 12.8 Å². The number of benzene rings is 1. The van der Waals surface area contributed by atoms with E-state index >= 15 is 0 Å². The highest BCUT2D eigenvalue weighted by atomic mass is 32.2. The van der Waals surface area contributed by atoms with Crippen LogP contribution in [-0.4, -0.2) is 23.6 Å². The maximum atomic E-state index is 13.3. The first-order chi connectivity index (χ1) is 13.3. The van der Waals surface area contributed by atoms with E-state index in [-0.39, 0.29) is 10.8 Å². The number of aryl methyl sites for hydroxylation is 2. The molecule has 2 aromatic heterocycles. The monoisotopic (exact) mass is 404 g/mol. The molecule has 1 aromatic carbocycles. The summed E-state index contributed by atoms with van der Waals surface area (Å²) in [4.78, 5) is 3.18. The molecular formula is C19H21FN4O3S. The van der Waals surface area contributed by atoms with Crippen molar-refractivity contribution in [1.29, 1.82) is 0 Å². The molecule has 0 saturated heterocycles. The molecule has 4 rings (SSSR count). The Bertz CT molecular complexity index is 1150. The Balaban J connectivity index is 1.69. The second kappa shape index (κ2) is 6.73. The summed E-state index contributed by atoms with van der Waals surface area (Å²) in [5.41, 5.74) is 2.27. The van der Waals surface area contributed by atoms with Gasteiger partial charge >= 0.3 is 0 Å². The first-order valence-electron chi connectivity index (χ1n) is 9.08. The summed E-state index contributed by atoms with van der Waals surface area (Å²) in [7, 11) is -3.89. The van der Waals surface area contributed by atoms with Crippen LogP contribution < -0.4 is 4.72 Å². The topological polar surface area (TPSA) is 101 Å². The average molecular weight is 404 g/mol. The third kappa shape index (κ3) is 3.19. The van der Waals surface area contributed by atoms with Crippen molar-refractivity contribution in [2.24, 2.45) is 0 Å². The zero-order chi connectivity index (χ0) is 20.1. The minimum atomic E-state index is -3.89. The van der Waals surface area contributed by atoms with E-state index in [1.54, 1.807) is 20.8 Å². The highest BCUT2D eigenvalue weighted by Crippen LogP contribution is 2.37. The Hall–Kier alpha value is -2.68. The van der Waals surface area contributed by atoms with Crippen LogP contribution in [0.3, 0.4) is 0 Å². The number of H-pyrrole nitrogens is 1. The van der Waals surface area contributed by atoms with Crippen LogP contribution in [0, 0.1) is 26.6 Å². The maximum absolute atomic E-state index is 13.3.